The molecule has 1 heterocycles. The lowest BCUT2D eigenvalue weighted by molar-refractivity contribution is -0.401. The second-order valence-corrected chi connectivity index (χ2v) is 8.90. The van der Waals surface area contributed by atoms with Crippen LogP contribution in [0.5, 0.6) is 0 Å². The van der Waals surface area contributed by atoms with Crippen molar-refractivity contribution in [2.24, 2.45) is 0 Å². The fourth-order valence-corrected chi connectivity index (χ4v) is 4.15. The van der Waals surface area contributed by atoms with Crippen LogP contribution in [0.4, 0.5) is 11.4 Å². The summed E-state index contributed by atoms with van der Waals surface area (Å²) in [5.41, 5.74) is 7.20. The quantitative estimate of drug-likeness (QED) is 0.358. The van der Waals surface area contributed by atoms with E-state index in [9.17, 15) is 0 Å². The van der Waals surface area contributed by atoms with Gasteiger partial charge in [-0.15, -0.1) is 0 Å². The van der Waals surface area contributed by atoms with E-state index in [0.29, 0.717) is 0 Å². The normalized spacial score (nSPS) is 14.5. The fraction of sp³-hybridized carbons (Fsp3) is 0.346. The summed E-state index contributed by atoms with van der Waals surface area (Å²) < 4.78 is 2.27. The largest absolute Gasteiger partial charge is 0.337 e. The predicted octanol–water partition coefficient (Wildman–Crippen LogP) is 5.67. The number of rotatable bonds is 4. The zero-order valence-electron chi connectivity index (χ0n) is 19.0. The number of nitrogens with zero attached hydrogens (tertiary/aromatic N) is 3. The zero-order valence-corrected chi connectivity index (χ0v) is 19.8. The van der Waals surface area contributed by atoms with Crippen LogP contribution in [-0.4, -0.2) is 42.9 Å². The molecule has 1 aliphatic heterocycles. The highest BCUT2D eigenvalue weighted by molar-refractivity contribution is 6.30. The highest BCUT2D eigenvalue weighted by Crippen LogP contribution is 2.40. The summed E-state index contributed by atoms with van der Waals surface area (Å²) in [5, 5.41) is 0.782. The Balaban J connectivity index is 1.90. The molecular weight excluding hydrogens is 390 g/mol. The number of halogens is 1. The molecule has 156 valence electrons. The summed E-state index contributed by atoms with van der Waals surface area (Å²) in [7, 11) is 6.02. The third kappa shape index (κ3) is 4.25. The molecule has 2 aromatic rings. The molecule has 30 heavy (non-hydrogen) atoms. The molecule has 0 spiro atoms. The highest BCUT2D eigenvalue weighted by atomic mass is 35.5. The van der Waals surface area contributed by atoms with E-state index in [0.717, 1.165) is 17.3 Å². The molecule has 3 nitrogen and oxygen atoms in total. The van der Waals surface area contributed by atoms with Crippen LogP contribution in [0.2, 0.25) is 5.02 Å². The standard InChI is InChI=1S/C26H31ClN3/c1-8-30(16-15-28(5)6)22-12-9-20(19(2)17-22)10-14-25-26(3,4)23-18-21(27)11-13-24(23)29(25)7/h9-14,17-18H,8H2,1-7H3/q+1. The van der Waals surface area contributed by atoms with Crippen LogP contribution < -0.4 is 4.90 Å². The molecule has 0 saturated heterocycles. The summed E-state index contributed by atoms with van der Waals surface area (Å²) in [4.78, 5) is 3.94. The maximum atomic E-state index is 6.27. The van der Waals surface area contributed by atoms with Gasteiger partial charge in [0.25, 0.3) is 0 Å². The Kier molecular flexibility index (Phi) is 6.29. The van der Waals surface area contributed by atoms with E-state index in [1.165, 1.54) is 28.1 Å². The van der Waals surface area contributed by atoms with Crippen molar-refractivity contribution in [1.82, 2.24) is 4.90 Å². The van der Waals surface area contributed by atoms with Crippen molar-refractivity contribution < 1.29 is 4.58 Å². The number of fused-ring (bicyclic) bond motifs is 1. The van der Waals surface area contributed by atoms with Crippen LogP contribution in [0.3, 0.4) is 0 Å². The Morgan fingerprint density at radius 2 is 1.80 bits per heavy atom. The summed E-state index contributed by atoms with van der Waals surface area (Å²) in [5.74, 6) is 0. The Hall–Kier alpha value is -2.70. The molecule has 0 N–H and O–H groups in total. The van der Waals surface area contributed by atoms with E-state index >= 15 is 0 Å². The highest BCUT2D eigenvalue weighted by Gasteiger charge is 2.42. The predicted molar refractivity (Wildman–Crippen MR) is 130 cm³/mol. The third-order valence-electron chi connectivity index (χ3n) is 5.71. The molecule has 4 heteroatoms. The van der Waals surface area contributed by atoms with Crippen molar-refractivity contribution in [3.63, 3.8) is 0 Å². The zero-order chi connectivity index (χ0) is 22.1. The number of benzene rings is 2. The van der Waals surface area contributed by atoms with Crippen LogP contribution in [-0.2, 0) is 5.41 Å². The average Bonchev–Trinajstić information content (AvgIpc) is 2.87. The monoisotopic (exact) mass is 420 g/mol. The molecule has 0 saturated carbocycles. The maximum Gasteiger partial charge on any atom is 0.209 e. The van der Waals surface area contributed by atoms with Gasteiger partial charge in [-0.3, -0.25) is 0 Å². The molecule has 0 unspecified atom stereocenters. The number of anilines is 1. The minimum absolute atomic E-state index is 0.0971. The molecule has 0 atom stereocenters. The van der Waals surface area contributed by atoms with Gasteiger partial charge in [-0.05, 0) is 69.2 Å². The van der Waals surface area contributed by atoms with Crippen molar-refractivity contribution >= 4 is 34.8 Å². The Labute approximate surface area is 186 Å². The summed E-state index contributed by atoms with van der Waals surface area (Å²) in [6, 6.07) is 19.0. The first-order valence-electron chi connectivity index (χ1n) is 10.3. The summed E-state index contributed by atoms with van der Waals surface area (Å²) in [6.07, 6.45) is 4.45. The van der Waals surface area contributed by atoms with Gasteiger partial charge in [-0.2, -0.15) is 4.58 Å². The van der Waals surface area contributed by atoms with Gasteiger partial charge in [0, 0.05) is 61.1 Å². The van der Waals surface area contributed by atoms with Crippen molar-refractivity contribution in [3.05, 3.63) is 64.2 Å². The summed E-state index contributed by atoms with van der Waals surface area (Å²) in [6.45, 7) is 9.62. The second-order valence-electron chi connectivity index (χ2n) is 8.47. The van der Waals surface area contributed by atoms with Gasteiger partial charge in [-0.25, -0.2) is 0 Å². The third-order valence-corrected chi connectivity index (χ3v) is 5.94. The lowest BCUT2D eigenvalue weighted by Gasteiger charge is -2.17. The minimum Gasteiger partial charge on any atom is -0.337 e. The van der Waals surface area contributed by atoms with E-state index < -0.39 is 0 Å². The van der Waals surface area contributed by atoms with Crippen molar-refractivity contribution in [2.45, 2.75) is 33.1 Å². The Morgan fingerprint density at radius 1 is 1.07 bits per heavy atom. The lowest BCUT2D eigenvalue weighted by Crippen LogP contribution is -2.26. The van der Waals surface area contributed by atoms with E-state index in [2.05, 4.69) is 98.8 Å². The number of aryl methyl sites for hydroxylation is 1. The first-order chi connectivity index (χ1) is 14.1. The number of hydrogen-bond acceptors (Lipinski definition) is 2. The molecule has 0 aromatic heterocycles. The van der Waals surface area contributed by atoms with Gasteiger partial charge in [0.15, 0.2) is 5.71 Å². The van der Waals surface area contributed by atoms with E-state index in [-0.39, 0.29) is 5.41 Å². The van der Waals surface area contributed by atoms with E-state index in [4.69, 9.17) is 11.6 Å². The van der Waals surface area contributed by atoms with Crippen LogP contribution in [0.15, 0.2) is 42.5 Å². The molecular formula is C26H31ClN3+. The first kappa shape index (κ1) is 22.0. The summed E-state index contributed by atoms with van der Waals surface area (Å²) >= 11 is 6.27. The smallest absolute Gasteiger partial charge is 0.209 e. The van der Waals surface area contributed by atoms with Crippen LogP contribution in [0.25, 0.3) is 6.08 Å². The fourth-order valence-electron chi connectivity index (χ4n) is 3.98. The van der Waals surface area contributed by atoms with Gasteiger partial charge >= 0.3 is 0 Å². The molecule has 3 rings (SSSR count). The van der Waals surface area contributed by atoms with Crippen molar-refractivity contribution in [2.75, 3.05) is 32.6 Å². The Bertz CT molecular complexity index is 1080. The van der Waals surface area contributed by atoms with Crippen LogP contribution in [0.1, 0.15) is 37.5 Å². The van der Waals surface area contributed by atoms with Gasteiger partial charge < -0.3 is 9.80 Å². The first-order valence-corrected chi connectivity index (χ1v) is 10.7. The van der Waals surface area contributed by atoms with Gasteiger partial charge in [0.1, 0.15) is 7.05 Å². The van der Waals surface area contributed by atoms with E-state index in [1.807, 2.05) is 25.1 Å². The van der Waals surface area contributed by atoms with Gasteiger partial charge in [0.05, 0.1) is 5.41 Å². The Morgan fingerprint density at radius 3 is 2.43 bits per heavy atom. The molecule has 0 fully saturated rings. The van der Waals surface area contributed by atoms with Crippen molar-refractivity contribution in [1.29, 1.82) is 0 Å². The molecule has 1 aliphatic rings. The van der Waals surface area contributed by atoms with Crippen LogP contribution >= 0.6 is 11.6 Å². The molecule has 0 aliphatic carbocycles. The minimum atomic E-state index is -0.0971. The van der Waals surface area contributed by atoms with Gasteiger partial charge in [0.2, 0.25) is 5.69 Å². The molecule has 0 bridgehead atoms. The van der Waals surface area contributed by atoms with E-state index in [1.54, 1.807) is 0 Å². The molecule has 2 aromatic carbocycles. The SMILES string of the molecule is CCN(C#CN(C)C)c1ccc(C=CC2=[N+](C)c3ccc(Cl)cc3C2(C)C)c(C)c1. The topological polar surface area (TPSA) is 9.49 Å². The van der Waals surface area contributed by atoms with Crippen LogP contribution in [0, 0.1) is 19.0 Å². The second kappa shape index (κ2) is 8.58. The molecule has 0 amide bonds. The van der Waals surface area contributed by atoms with Crippen molar-refractivity contribution in [3.8, 4) is 12.1 Å². The molecule has 0 radical (unpaired) electrons. The number of allylic oxidation sites excluding steroid dienone is 1. The lowest BCUT2D eigenvalue weighted by atomic mass is 9.81. The maximum absolute atomic E-state index is 6.27. The average molecular weight is 421 g/mol. The number of hydrogen-bond donors (Lipinski definition) is 0. The van der Waals surface area contributed by atoms with Gasteiger partial charge in [-0.1, -0.05) is 17.7 Å².